The lowest BCUT2D eigenvalue weighted by atomic mass is 9.65. The molecule has 1 spiro atoms. The lowest BCUT2D eigenvalue weighted by Crippen LogP contribution is -2.51. The Bertz CT molecular complexity index is 782. The van der Waals surface area contributed by atoms with Crippen LogP contribution in [0.5, 0.6) is 0 Å². The molecule has 0 aromatic heterocycles. The molecule has 7 nitrogen and oxygen atoms in total. The Morgan fingerprint density at radius 3 is 2.54 bits per heavy atom. The number of hydrogen-bond acceptors (Lipinski definition) is 4. The van der Waals surface area contributed by atoms with E-state index in [9.17, 15) is 14.4 Å². The second-order valence-electron chi connectivity index (χ2n) is 8.66. The molecule has 0 unspecified atom stereocenters. The number of carbonyl (C=O) groups is 3. The molecule has 28 heavy (non-hydrogen) atoms. The number of imide groups is 1. The van der Waals surface area contributed by atoms with Crippen molar-refractivity contribution >= 4 is 29.2 Å². The highest BCUT2D eigenvalue weighted by Gasteiger charge is 2.53. The number of carbonyl (C=O) groups excluding carboxylic acids is 3. The summed E-state index contributed by atoms with van der Waals surface area (Å²) in [6, 6.07) is 6.38. The Hall–Kier alpha value is -2.57. The van der Waals surface area contributed by atoms with Gasteiger partial charge in [0.15, 0.2) is 0 Å². The number of urea groups is 1. The van der Waals surface area contributed by atoms with Gasteiger partial charge in [0.1, 0.15) is 12.1 Å². The van der Waals surface area contributed by atoms with E-state index < -0.39 is 17.5 Å². The van der Waals surface area contributed by atoms with Crippen molar-refractivity contribution in [2.75, 3.05) is 17.6 Å². The summed E-state index contributed by atoms with van der Waals surface area (Å²) in [6.07, 6.45) is 4.12. The molecule has 2 aliphatic rings. The first kappa shape index (κ1) is 20.2. The van der Waals surface area contributed by atoms with Crippen molar-refractivity contribution in [2.45, 2.75) is 58.4 Å². The third-order valence-corrected chi connectivity index (χ3v) is 6.64. The highest BCUT2D eigenvalue weighted by atomic mass is 16.2. The molecule has 3 rings (SSSR count). The fraction of sp³-hybridized carbons (Fsp3) is 0.571. The summed E-state index contributed by atoms with van der Waals surface area (Å²) < 4.78 is 0. The maximum atomic E-state index is 13.0. The number of amides is 4. The van der Waals surface area contributed by atoms with Gasteiger partial charge >= 0.3 is 6.03 Å². The molecule has 0 radical (unpaired) electrons. The second kappa shape index (κ2) is 7.45. The topological polar surface area (TPSA) is 105 Å². The van der Waals surface area contributed by atoms with Gasteiger partial charge in [-0.2, -0.15) is 0 Å². The fourth-order valence-electron chi connectivity index (χ4n) is 4.28. The molecule has 1 aromatic rings. The van der Waals surface area contributed by atoms with Gasteiger partial charge in [-0.1, -0.05) is 39.3 Å². The average molecular weight is 386 g/mol. The van der Waals surface area contributed by atoms with Crippen LogP contribution in [0.15, 0.2) is 24.3 Å². The molecule has 7 heteroatoms. The summed E-state index contributed by atoms with van der Waals surface area (Å²) in [6.45, 7) is 6.39. The molecule has 4 amide bonds. The zero-order valence-corrected chi connectivity index (χ0v) is 16.9. The normalized spacial score (nSPS) is 25.1. The molecule has 0 bridgehead atoms. The Morgan fingerprint density at radius 1 is 1.29 bits per heavy atom. The minimum atomic E-state index is -0.858. The number of rotatable bonds is 5. The number of hydrogen-bond donors (Lipinski definition) is 3. The molecule has 1 aromatic carbocycles. The quantitative estimate of drug-likeness (QED) is 0.534. The molecule has 1 saturated carbocycles. The number of nitrogens with two attached hydrogens (primary N) is 1. The van der Waals surface area contributed by atoms with E-state index in [2.05, 4.69) is 31.4 Å². The molecule has 152 valence electrons. The van der Waals surface area contributed by atoms with Gasteiger partial charge in [-0.3, -0.25) is 14.5 Å². The van der Waals surface area contributed by atoms with Crippen LogP contribution >= 0.6 is 0 Å². The van der Waals surface area contributed by atoms with E-state index in [4.69, 9.17) is 5.73 Å². The van der Waals surface area contributed by atoms with Gasteiger partial charge in [-0.15, -0.1) is 0 Å². The van der Waals surface area contributed by atoms with E-state index in [1.165, 1.54) is 0 Å². The summed E-state index contributed by atoms with van der Waals surface area (Å²) in [4.78, 5) is 38.8. The van der Waals surface area contributed by atoms with Crippen molar-refractivity contribution < 1.29 is 14.4 Å². The number of nitrogens with zero attached hydrogens (tertiary/aromatic N) is 1. The summed E-state index contributed by atoms with van der Waals surface area (Å²) in [5.41, 5.74) is 6.10. The zero-order valence-electron chi connectivity index (χ0n) is 16.9. The standard InChI is InChI=1S/C21H30N4O3/c1-4-20(2,3)14-9-11-21(12-10-14)18(27)25(19(28)24-21)13-17(26)23-16-8-6-5-7-15(16)22/h5-8,14H,4,9-13,22H2,1-3H3,(H,23,26)(H,24,28). The van der Waals surface area contributed by atoms with Gasteiger partial charge in [-0.25, -0.2) is 4.79 Å². The Balaban J connectivity index is 1.64. The first-order valence-corrected chi connectivity index (χ1v) is 9.97. The van der Waals surface area contributed by atoms with Gasteiger partial charge in [0.2, 0.25) is 5.91 Å². The minimum absolute atomic E-state index is 0.225. The fourth-order valence-corrected chi connectivity index (χ4v) is 4.28. The van der Waals surface area contributed by atoms with E-state index in [0.29, 0.717) is 30.1 Å². The summed E-state index contributed by atoms with van der Waals surface area (Å²) in [5, 5.41) is 5.54. The number of benzene rings is 1. The smallest absolute Gasteiger partial charge is 0.325 e. The van der Waals surface area contributed by atoms with Crippen molar-refractivity contribution in [1.29, 1.82) is 0 Å². The van der Waals surface area contributed by atoms with Gasteiger partial charge in [0.05, 0.1) is 11.4 Å². The van der Waals surface area contributed by atoms with Gasteiger partial charge in [0, 0.05) is 0 Å². The first-order chi connectivity index (χ1) is 13.2. The maximum absolute atomic E-state index is 13.0. The number of para-hydroxylation sites is 2. The first-order valence-electron chi connectivity index (χ1n) is 9.97. The van der Waals surface area contributed by atoms with E-state index in [0.717, 1.165) is 24.2 Å². The monoisotopic (exact) mass is 386 g/mol. The number of nitrogen functional groups attached to an aromatic ring is 1. The van der Waals surface area contributed by atoms with E-state index in [-0.39, 0.29) is 17.9 Å². The van der Waals surface area contributed by atoms with Gasteiger partial charge in [0.25, 0.3) is 5.91 Å². The van der Waals surface area contributed by atoms with Gasteiger partial charge in [-0.05, 0) is 49.1 Å². The van der Waals surface area contributed by atoms with Crippen LogP contribution in [-0.4, -0.2) is 34.8 Å². The third-order valence-electron chi connectivity index (χ3n) is 6.64. The molecular formula is C21H30N4O3. The number of anilines is 2. The van der Waals surface area contributed by atoms with E-state index in [1.807, 2.05) is 0 Å². The van der Waals surface area contributed by atoms with Crippen LogP contribution in [0.25, 0.3) is 0 Å². The average Bonchev–Trinajstić information content (AvgIpc) is 2.88. The highest BCUT2D eigenvalue weighted by Crippen LogP contribution is 2.45. The minimum Gasteiger partial charge on any atom is -0.397 e. The zero-order chi connectivity index (χ0) is 20.5. The second-order valence-corrected chi connectivity index (χ2v) is 8.66. The van der Waals surface area contributed by atoms with Crippen LogP contribution in [0, 0.1) is 11.3 Å². The highest BCUT2D eigenvalue weighted by molar-refractivity contribution is 6.10. The molecule has 1 aliphatic carbocycles. The molecule has 0 atom stereocenters. The molecular weight excluding hydrogens is 356 g/mol. The van der Waals surface area contributed by atoms with Crippen molar-refractivity contribution in [3.05, 3.63) is 24.3 Å². The summed E-state index contributed by atoms with van der Waals surface area (Å²) in [7, 11) is 0. The predicted molar refractivity (Wildman–Crippen MR) is 108 cm³/mol. The van der Waals surface area contributed by atoms with Crippen molar-refractivity contribution in [1.82, 2.24) is 10.2 Å². The van der Waals surface area contributed by atoms with Crippen LogP contribution in [0.4, 0.5) is 16.2 Å². The Morgan fingerprint density at radius 2 is 1.93 bits per heavy atom. The van der Waals surface area contributed by atoms with Crippen LogP contribution in [-0.2, 0) is 9.59 Å². The molecule has 1 saturated heterocycles. The molecule has 1 aliphatic heterocycles. The molecule has 2 fully saturated rings. The Kier molecular flexibility index (Phi) is 5.37. The van der Waals surface area contributed by atoms with Gasteiger partial charge < -0.3 is 16.4 Å². The van der Waals surface area contributed by atoms with Crippen LogP contribution < -0.4 is 16.4 Å². The van der Waals surface area contributed by atoms with Crippen LogP contribution in [0.2, 0.25) is 0 Å². The van der Waals surface area contributed by atoms with Crippen molar-refractivity contribution in [3.63, 3.8) is 0 Å². The summed E-state index contributed by atoms with van der Waals surface area (Å²) in [5.74, 6) is -0.202. The van der Waals surface area contributed by atoms with E-state index >= 15 is 0 Å². The third kappa shape index (κ3) is 3.70. The lowest BCUT2D eigenvalue weighted by molar-refractivity contribution is -0.135. The SMILES string of the molecule is CCC(C)(C)C1CCC2(CC1)NC(=O)N(CC(=O)Nc1ccccc1N)C2=O. The molecule has 4 N–H and O–H groups in total. The molecule has 1 heterocycles. The predicted octanol–water partition coefficient (Wildman–Crippen LogP) is 3.12. The maximum Gasteiger partial charge on any atom is 0.325 e. The number of nitrogens with one attached hydrogen (secondary N) is 2. The van der Waals surface area contributed by atoms with Crippen LogP contribution in [0.3, 0.4) is 0 Å². The van der Waals surface area contributed by atoms with Crippen LogP contribution in [0.1, 0.15) is 52.9 Å². The van der Waals surface area contributed by atoms with Crippen molar-refractivity contribution in [2.24, 2.45) is 11.3 Å². The lowest BCUT2D eigenvalue weighted by Gasteiger charge is -2.42. The largest absolute Gasteiger partial charge is 0.397 e. The van der Waals surface area contributed by atoms with E-state index in [1.54, 1.807) is 24.3 Å². The summed E-state index contributed by atoms with van der Waals surface area (Å²) >= 11 is 0. The Labute approximate surface area is 166 Å². The van der Waals surface area contributed by atoms with Crippen molar-refractivity contribution in [3.8, 4) is 0 Å².